The van der Waals surface area contributed by atoms with Crippen molar-refractivity contribution in [2.75, 3.05) is 26.3 Å². The van der Waals surface area contributed by atoms with E-state index in [2.05, 4.69) is 13.8 Å². The van der Waals surface area contributed by atoms with Crippen LogP contribution in [0.3, 0.4) is 0 Å². The second-order valence-corrected chi connectivity index (χ2v) is 8.06. The van der Waals surface area contributed by atoms with E-state index in [0.717, 1.165) is 32.5 Å². The molecule has 0 aromatic heterocycles. The Labute approximate surface area is 140 Å². The van der Waals surface area contributed by atoms with Crippen molar-refractivity contribution in [3.05, 3.63) is 0 Å². The second-order valence-electron chi connectivity index (χ2n) is 8.06. The Morgan fingerprint density at radius 2 is 1.87 bits per heavy atom. The summed E-state index contributed by atoms with van der Waals surface area (Å²) in [4.78, 5) is 14.9. The van der Waals surface area contributed by atoms with Crippen molar-refractivity contribution in [1.82, 2.24) is 4.90 Å². The highest BCUT2D eigenvalue weighted by Gasteiger charge is 2.63. The van der Waals surface area contributed by atoms with Crippen LogP contribution in [0.25, 0.3) is 0 Å². The molecule has 1 saturated carbocycles. The number of amides is 1. The van der Waals surface area contributed by atoms with E-state index in [1.54, 1.807) is 0 Å². The van der Waals surface area contributed by atoms with Gasteiger partial charge in [-0.15, -0.1) is 0 Å². The van der Waals surface area contributed by atoms with Crippen molar-refractivity contribution >= 4 is 5.91 Å². The topological polar surface area (TPSA) is 64.8 Å². The van der Waals surface area contributed by atoms with Gasteiger partial charge in [-0.2, -0.15) is 0 Å². The summed E-state index contributed by atoms with van der Waals surface area (Å²) in [6.07, 6.45) is 2.79. The van der Waals surface area contributed by atoms with Gasteiger partial charge in [0.1, 0.15) is 5.54 Å². The van der Waals surface area contributed by atoms with Crippen LogP contribution >= 0.6 is 0 Å². The molecule has 1 heterocycles. The van der Waals surface area contributed by atoms with Crippen molar-refractivity contribution in [1.29, 1.82) is 0 Å². The minimum atomic E-state index is -0.793. The van der Waals surface area contributed by atoms with Crippen LogP contribution in [0, 0.1) is 11.3 Å². The Morgan fingerprint density at radius 3 is 2.35 bits per heavy atom. The van der Waals surface area contributed by atoms with Gasteiger partial charge in [0.05, 0.1) is 12.2 Å². The monoisotopic (exact) mass is 326 g/mol. The van der Waals surface area contributed by atoms with Gasteiger partial charge in [0.2, 0.25) is 5.91 Å². The molecule has 1 saturated heterocycles. The molecule has 1 aliphatic heterocycles. The minimum Gasteiger partial charge on any atom is -0.378 e. The Bertz CT molecular complexity index is 416. The molecule has 1 amide bonds. The van der Waals surface area contributed by atoms with Crippen molar-refractivity contribution in [3.8, 4) is 0 Å². The van der Waals surface area contributed by atoms with Gasteiger partial charge in [-0.25, -0.2) is 0 Å². The SMILES string of the molecule is CCOC1CC(N)(C(=O)N2CCC(OCC(C)C)CC2)C1(C)C. The molecule has 0 bridgehead atoms. The van der Waals surface area contributed by atoms with Crippen molar-refractivity contribution in [3.63, 3.8) is 0 Å². The lowest BCUT2D eigenvalue weighted by Gasteiger charge is -2.59. The maximum Gasteiger partial charge on any atom is 0.243 e. The fraction of sp³-hybridized carbons (Fsp3) is 0.944. The van der Waals surface area contributed by atoms with E-state index in [4.69, 9.17) is 15.2 Å². The van der Waals surface area contributed by atoms with Crippen LogP contribution in [0.5, 0.6) is 0 Å². The normalized spacial score (nSPS) is 31.3. The van der Waals surface area contributed by atoms with Crippen LogP contribution in [-0.2, 0) is 14.3 Å². The number of carbonyl (C=O) groups is 1. The van der Waals surface area contributed by atoms with Crippen LogP contribution < -0.4 is 5.73 Å². The van der Waals surface area contributed by atoms with E-state index in [1.165, 1.54) is 0 Å². The first-order valence-corrected chi connectivity index (χ1v) is 9.03. The summed E-state index contributed by atoms with van der Waals surface area (Å²) in [7, 11) is 0. The number of rotatable bonds is 6. The minimum absolute atomic E-state index is 0.0772. The molecule has 2 unspecified atom stereocenters. The fourth-order valence-electron chi connectivity index (χ4n) is 3.63. The number of nitrogens with zero attached hydrogens (tertiary/aromatic N) is 1. The van der Waals surface area contributed by atoms with Crippen molar-refractivity contribution in [2.24, 2.45) is 17.1 Å². The van der Waals surface area contributed by atoms with Gasteiger partial charge >= 0.3 is 0 Å². The van der Waals surface area contributed by atoms with Gasteiger partial charge in [0.15, 0.2) is 0 Å². The van der Waals surface area contributed by atoms with Crippen LogP contribution in [0.2, 0.25) is 0 Å². The first-order valence-electron chi connectivity index (χ1n) is 9.03. The first-order chi connectivity index (χ1) is 10.7. The predicted molar refractivity (Wildman–Crippen MR) is 91.1 cm³/mol. The molecule has 0 radical (unpaired) electrons. The molecule has 2 aliphatic rings. The third kappa shape index (κ3) is 3.57. The fourth-order valence-corrected chi connectivity index (χ4v) is 3.63. The van der Waals surface area contributed by atoms with Crippen molar-refractivity contribution in [2.45, 2.75) is 71.6 Å². The molecule has 2 fully saturated rings. The highest BCUT2D eigenvalue weighted by Crippen LogP contribution is 2.50. The maximum absolute atomic E-state index is 12.9. The van der Waals surface area contributed by atoms with Crippen LogP contribution in [0.1, 0.15) is 53.9 Å². The number of piperidine rings is 1. The number of nitrogens with two attached hydrogens (primary N) is 1. The zero-order valence-corrected chi connectivity index (χ0v) is 15.4. The van der Waals surface area contributed by atoms with Gasteiger partial charge in [-0.1, -0.05) is 27.7 Å². The van der Waals surface area contributed by atoms with Gasteiger partial charge in [-0.3, -0.25) is 4.79 Å². The van der Waals surface area contributed by atoms with Gasteiger partial charge < -0.3 is 20.1 Å². The van der Waals surface area contributed by atoms with Gasteiger partial charge in [-0.05, 0) is 25.7 Å². The first kappa shape index (κ1) is 18.7. The molecule has 2 rings (SSSR count). The van der Waals surface area contributed by atoms with E-state index < -0.39 is 5.54 Å². The van der Waals surface area contributed by atoms with E-state index in [1.807, 2.05) is 25.7 Å². The van der Waals surface area contributed by atoms with E-state index in [-0.39, 0.29) is 23.5 Å². The lowest BCUT2D eigenvalue weighted by Crippen LogP contribution is -2.76. The molecule has 2 atom stereocenters. The molecule has 0 aromatic rings. The van der Waals surface area contributed by atoms with E-state index >= 15 is 0 Å². The number of likely N-dealkylation sites (tertiary alicyclic amines) is 1. The molecule has 0 aromatic carbocycles. The Kier molecular flexibility index (Phi) is 5.75. The smallest absolute Gasteiger partial charge is 0.243 e. The summed E-state index contributed by atoms with van der Waals surface area (Å²) in [5.41, 5.74) is 5.40. The van der Waals surface area contributed by atoms with E-state index in [0.29, 0.717) is 18.9 Å². The van der Waals surface area contributed by atoms with Crippen LogP contribution in [0.15, 0.2) is 0 Å². The zero-order valence-electron chi connectivity index (χ0n) is 15.4. The summed E-state index contributed by atoms with van der Waals surface area (Å²) < 4.78 is 11.6. The molecule has 5 heteroatoms. The molecule has 23 heavy (non-hydrogen) atoms. The average molecular weight is 326 g/mol. The highest BCUT2D eigenvalue weighted by molar-refractivity contribution is 5.89. The number of hydrogen-bond donors (Lipinski definition) is 1. The van der Waals surface area contributed by atoms with Gasteiger partial charge in [0.25, 0.3) is 0 Å². The summed E-state index contributed by atoms with van der Waals surface area (Å²) in [5.74, 6) is 0.633. The average Bonchev–Trinajstić information content (AvgIpc) is 2.52. The number of hydrogen-bond acceptors (Lipinski definition) is 4. The second kappa shape index (κ2) is 7.08. The van der Waals surface area contributed by atoms with Crippen LogP contribution in [-0.4, -0.2) is 54.9 Å². The largest absolute Gasteiger partial charge is 0.378 e. The molecule has 5 nitrogen and oxygen atoms in total. The zero-order chi connectivity index (χ0) is 17.3. The van der Waals surface area contributed by atoms with Gasteiger partial charge in [0, 0.05) is 38.1 Å². The predicted octanol–water partition coefficient (Wildman–Crippen LogP) is 2.18. The summed E-state index contributed by atoms with van der Waals surface area (Å²) in [6.45, 7) is 13.3. The summed E-state index contributed by atoms with van der Waals surface area (Å²) in [5, 5.41) is 0. The summed E-state index contributed by atoms with van der Waals surface area (Å²) in [6, 6.07) is 0. The molecule has 2 N–H and O–H groups in total. The quantitative estimate of drug-likeness (QED) is 0.812. The van der Waals surface area contributed by atoms with E-state index in [9.17, 15) is 4.79 Å². The van der Waals surface area contributed by atoms with Crippen LogP contribution in [0.4, 0.5) is 0 Å². The Hall–Kier alpha value is -0.650. The maximum atomic E-state index is 12.9. The Morgan fingerprint density at radius 1 is 1.26 bits per heavy atom. The van der Waals surface area contributed by atoms with Crippen molar-refractivity contribution < 1.29 is 14.3 Å². The molecular formula is C18H34N2O3. The highest BCUT2D eigenvalue weighted by atomic mass is 16.5. The lowest BCUT2D eigenvalue weighted by molar-refractivity contribution is -0.181. The summed E-state index contributed by atoms with van der Waals surface area (Å²) >= 11 is 0. The molecule has 134 valence electrons. The number of carbonyl (C=O) groups excluding carboxylic acids is 1. The number of ether oxygens (including phenoxy) is 2. The lowest BCUT2D eigenvalue weighted by atomic mass is 9.54. The third-order valence-corrected chi connectivity index (χ3v) is 5.61. The molecular weight excluding hydrogens is 292 g/mol. The standard InChI is InChI=1S/C18H34N2O3/c1-6-22-15-11-18(19,17(15,4)5)16(21)20-9-7-14(8-10-20)23-12-13(2)3/h13-15H,6-12,19H2,1-5H3. The third-order valence-electron chi connectivity index (χ3n) is 5.61. The molecule has 1 aliphatic carbocycles. The molecule has 0 spiro atoms. The Balaban J connectivity index is 1.88.